The Morgan fingerprint density at radius 1 is 1.50 bits per heavy atom. The highest BCUT2D eigenvalue weighted by molar-refractivity contribution is 5.70. The molecule has 0 spiro atoms. The van der Waals surface area contributed by atoms with E-state index in [0.717, 1.165) is 11.3 Å². The molecule has 0 unspecified atom stereocenters. The van der Waals surface area contributed by atoms with Crippen molar-refractivity contribution in [3.8, 4) is 0 Å². The highest BCUT2D eigenvalue weighted by atomic mass is 16.4. The van der Waals surface area contributed by atoms with Crippen LogP contribution in [0.25, 0.3) is 0 Å². The van der Waals surface area contributed by atoms with Crippen molar-refractivity contribution in [1.29, 1.82) is 0 Å². The average Bonchev–Trinajstić information content (AvgIpc) is 2.61. The molecular weight excluding hydrogens is 204 g/mol. The molecule has 0 radical (unpaired) electrons. The molecular formula is C12H18N2O2. The zero-order valence-corrected chi connectivity index (χ0v) is 9.65. The van der Waals surface area contributed by atoms with Gasteiger partial charge in [-0.25, -0.2) is 0 Å². The minimum Gasteiger partial charge on any atom is -0.481 e. The van der Waals surface area contributed by atoms with E-state index in [0.29, 0.717) is 6.04 Å². The molecule has 0 saturated heterocycles. The first-order chi connectivity index (χ1) is 7.68. The van der Waals surface area contributed by atoms with Crippen LogP contribution in [0, 0.1) is 6.92 Å². The maximum absolute atomic E-state index is 10.7. The lowest BCUT2D eigenvalue weighted by Crippen LogP contribution is -2.15. The molecule has 1 heterocycles. The van der Waals surface area contributed by atoms with Crippen molar-refractivity contribution in [3.63, 3.8) is 0 Å². The molecule has 0 bridgehead atoms. The third-order valence-corrected chi connectivity index (χ3v) is 3.41. The predicted octanol–water partition coefficient (Wildman–Crippen LogP) is 2.32. The molecule has 1 aliphatic rings. The topological polar surface area (TPSA) is 55.1 Å². The first-order valence-electron chi connectivity index (χ1n) is 5.93. The Labute approximate surface area is 95.3 Å². The molecule has 16 heavy (non-hydrogen) atoms. The Balaban J connectivity index is 2.15. The minimum atomic E-state index is -0.786. The van der Waals surface area contributed by atoms with Crippen LogP contribution in [0.5, 0.6) is 0 Å². The molecule has 0 aromatic carbocycles. The number of nitrogens with zero attached hydrogens (tertiary/aromatic N) is 2. The number of aliphatic carboxylic acids is 1. The first kappa shape index (κ1) is 11.2. The van der Waals surface area contributed by atoms with Crippen molar-refractivity contribution in [1.82, 2.24) is 9.78 Å². The summed E-state index contributed by atoms with van der Waals surface area (Å²) in [7, 11) is 0. The van der Waals surface area contributed by atoms with Gasteiger partial charge in [0.25, 0.3) is 0 Å². The molecule has 2 rings (SSSR count). The molecule has 0 aliphatic heterocycles. The average molecular weight is 222 g/mol. The lowest BCUT2D eigenvalue weighted by Gasteiger charge is -2.23. The SMILES string of the molecule is Cc1c(CC(=O)O)cnn1C1CCCCC1. The van der Waals surface area contributed by atoms with E-state index in [2.05, 4.69) is 5.10 Å². The second-order valence-electron chi connectivity index (χ2n) is 4.56. The van der Waals surface area contributed by atoms with E-state index in [4.69, 9.17) is 5.11 Å². The zero-order valence-electron chi connectivity index (χ0n) is 9.65. The number of carboxylic acids is 1. The van der Waals surface area contributed by atoms with Crippen molar-refractivity contribution >= 4 is 5.97 Å². The quantitative estimate of drug-likeness (QED) is 0.853. The maximum Gasteiger partial charge on any atom is 0.307 e. The smallest absolute Gasteiger partial charge is 0.307 e. The van der Waals surface area contributed by atoms with E-state index < -0.39 is 5.97 Å². The fourth-order valence-corrected chi connectivity index (χ4v) is 2.49. The number of carbonyl (C=O) groups is 1. The van der Waals surface area contributed by atoms with Crippen LogP contribution in [0.1, 0.15) is 49.4 Å². The normalized spacial score (nSPS) is 17.6. The second kappa shape index (κ2) is 4.68. The molecule has 1 aliphatic carbocycles. The predicted molar refractivity (Wildman–Crippen MR) is 60.4 cm³/mol. The molecule has 88 valence electrons. The fraction of sp³-hybridized carbons (Fsp3) is 0.667. The van der Waals surface area contributed by atoms with E-state index in [1.165, 1.54) is 32.1 Å². The summed E-state index contributed by atoms with van der Waals surface area (Å²) in [5.74, 6) is -0.786. The van der Waals surface area contributed by atoms with Crippen molar-refractivity contribution in [2.75, 3.05) is 0 Å². The number of carboxylic acid groups (broad SMARTS) is 1. The largest absolute Gasteiger partial charge is 0.481 e. The van der Waals surface area contributed by atoms with Crippen LogP contribution in [-0.2, 0) is 11.2 Å². The van der Waals surface area contributed by atoms with Crippen LogP contribution >= 0.6 is 0 Å². The van der Waals surface area contributed by atoms with Crippen molar-refractivity contribution in [3.05, 3.63) is 17.5 Å². The Morgan fingerprint density at radius 2 is 2.19 bits per heavy atom. The molecule has 0 atom stereocenters. The summed E-state index contributed by atoms with van der Waals surface area (Å²) >= 11 is 0. The molecule has 1 aromatic heterocycles. The lowest BCUT2D eigenvalue weighted by atomic mass is 9.95. The molecule has 1 saturated carbocycles. The van der Waals surface area contributed by atoms with Crippen LogP contribution in [-0.4, -0.2) is 20.9 Å². The van der Waals surface area contributed by atoms with Gasteiger partial charge in [-0.15, -0.1) is 0 Å². The van der Waals surface area contributed by atoms with Crippen LogP contribution in [0.3, 0.4) is 0 Å². The van der Waals surface area contributed by atoms with Crippen molar-refractivity contribution in [2.24, 2.45) is 0 Å². The Kier molecular flexibility index (Phi) is 3.27. The Hall–Kier alpha value is -1.32. The summed E-state index contributed by atoms with van der Waals surface area (Å²) in [6.07, 6.45) is 7.98. The third-order valence-electron chi connectivity index (χ3n) is 3.41. The summed E-state index contributed by atoms with van der Waals surface area (Å²) in [5, 5.41) is 13.1. The molecule has 1 aromatic rings. The van der Waals surface area contributed by atoms with E-state index >= 15 is 0 Å². The maximum atomic E-state index is 10.7. The number of hydrogen-bond donors (Lipinski definition) is 1. The lowest BCUT2D eigenvalue weighted by molar-refractivity contribution is -0.136. The molecule has 4 heteroatoms. The highest BCUT2D eigenvalue weighted by Crippen LogP contribution is 2.29. The number of hydrogen-bond acceptors (Lipinski definition) is 2. The van der Waals surface area contributed by atoms with Gasteiger partial charge in [0.2, 0.25) is 0 Å². The van der Waals surface area contributed by atoms with E-state index in [9.17, 15) is 4.79 Å². The molecule has 1 fully saturated rings. The standard InChI is InChI=1S/C12H18N2O2/c1-9-10(7-12(15)16)8-13-14(9)11-5-3-2-4-6-11/h8,11H,2-7H2,1H3,(H,15,16). The van der Waals surface area contributed by atoms with Gasteiger partial charge in [0, 0.05) is 11.3 Å². The second-order valence-corrected chi connectivity index (χ2v) is 4.56. The van der Waals surface area contributed by atoms with Crippen LogP contribution in [0.15, 0.2) is 6.20 Å². The van der Waals surface area contributed by atoms with Gasteiger partial charge in [0.1, 0.15) is 0 Å². The minimum absolute atomic E-state index is 0.0819. The van der Waals surface area contributed by atoms with Gasteiger partial charge in [-0.3, -0.25) is 9.48 Å². The number of rotatable bonds is 3. The summed E-state index contributed by atoms with van der Waals surface area (Å²) in [6.45, 7) is 1.97. The summed E-state index contributed by atoms with van der Waals surface area (Å²) < 4.78 is 2.03. The Morgan fingerprint density at radius 3 is 2.81 bits per heavy atom. The van der Waals surface area contributed by atoms with E-state index in [1.807, 2.05) is 11.6 Å². The Bertz CT molecular complexity index is 378. The van der Waals surface area contributed by atoms with Crippen molar-refractivity contribution in [2.45, 2.75) is 51.5 Å². The van der Waals surface area contributed by atoms with Gasteiger partial charge < -0.3 is 5.11 Å². The van der Waals surface area contributed by atoms with Gasteiger partial charge in [0.15, 0.2) is 0 Å². The van der Waals surface area contributed by atoms with Crippen LogP contribution in [0.2, 0.25) is 0 Å². The fourth-order valence-electron chi connectivity index (χ4n) is 2.49. The monoisotopic (exact) mass is 222 g/mol. The summed E-state index contributed by atoms with van der Waals surface area (Å²) in [4.78, 5) is 10.7. The van der Waals surface area contributed by atoms with E-state index in [-0.39, 0.29) is 6.42 Å². The third kappa shape index (κ3) is 2.26. The van der Waals surface area contributed by atoms with Gasteiger partial charge in [-0.1, -0.05) is 19.3 Å². The number of aromatic nitrogens is 2. The van der Waals surface area contributed by atoms with Gasteiger partial charge in [0.05, 0.1) is 18.7 Å². The van der Waals surface area contributed by atoms with Crippen molar-refractivity contribution < 1.29 is 9.90 Å². The molecule has 1 N–H and O–H groups in total. The van der Waals surface area contributed by atoms with Gasteiger partial charge in [-0.2, -0.15) is 5.10 Å². The van der Waals surface area contributed by atoms with Gasteiger partial charge in [-0.05, 0) is 19.8 Å². The molecule has 0 amide bonds. The summed E-state index contributed by atoms with van der Waals surface area (Å²) in [5.41, 5.74) is 1.87. The van der Waals surface area contributed by atoms with Crippen LogP contribution in [0.4, 0.5) is 0 Å². The van der Waals surface area contributed by atoms with Crippen LogP contribution < -0.4 is 0 Å². The van der Waals surface area contributed by atoms with E-state index in [1.54, 1.807) is 6.20 Å². The van der Waals surface area contributed by atoms with Gasteiger partial charge >= 0.3 is 5.97 Å². The summed E-state index contributed by atoms with van der Waals surface area (Å²) in [6, 6.07) is 0.483. The molecule has 4 nitrogen and oxygen atoms in total. The first-order valence-corrected chi connectivity index (χ1v) is 5.93. The zero-order chi connectivity index (χ0) is 11.5. The highest BCUT2D eigenvalue weighted by Gasteiger charge is 2.19.